The first-order valence-corrected chi connectivity index (χ1v) is 6.81. The van der Waals surface area contributed by atoms with E-state index >= 15 is 0 Å². The third kappa shape index (κ3) is 1.83. The summed E-state index contributed by atoms with van der Waals surface area (Å²) in [5, 5.41) is 0. The number of carbonyl (C=O) groups is 1. The van der Waals surface area contributed by atoms with Gasteiger partial charge in [-0.3, -0.25) is 9.78 Å². The molecule has 0 saturated carbocycles. The van der Waals surface area contributed by atoms with Crippen LogP contribution in [-0.4, -0.2) is 15.3 Å². The van der Waals surface area contributed by atoms with Crippen LogP contribution in [0.2, 0.25) is 0 Å². The van der Waals surface area contributed by atoms with Crippen molar-refractivity contribution in [3.63, 3.8) is 0 Å². The second kappa shape index (κ2) is 4.53. The summed E-state index contributed by atoms with van der Waals surface area (Å²) in [6, 6.07) is 10.2. The Labute approximate surface area is 113 Å². The van der Waals surface area contributed by atoms with E-state index in [9.17, 15) is 9.35 Å². The highest BCUT2D eigenvalue weighted by molar-refractivity contribution is 7.97. The third-order valence-electron chi connectivity index (χ3n) is 2.96. The van der Waals surface area contributed by atoms with Crippen LogP contribution in [-0.2, 0) is 11.2 Å². The molecule has 0 saturated heterocycles. The lowest BCUT2D eigenvalue weighted by Crippen LogP contribution is -2.11. The van der Waals surface area contributed by atoms with Gasteiger partial charge < -0.3 is 10.3 Å². The SMILES string of the molecule is NC(=C1C(=O)c2ccccc2[S+]1[O-])c1ccncc1. The molecule has 0 spiro atoms. The minimum atomic E-state index is -1.51. The molecule has 0 radical (unpaired) electrons. The van der Waals surface area contributed by atoms with Crippen LogP contribution >= 0.6 is 0 Å². The number of hydrogen-bond acceptors (Lipinski definition) is 4. The van der Waals surface area contributed by atoms with Crippen molar-refractivity contribution in [3.8, 4) is 0 Å². The minimum Gasteiger partial charge on any atom is -0.606 e. The Kier molecular flexibility index (Phi) is 2.85. The first-order valence-electron chi connectivity index (χ1n) is 5.66. The van der Waals surface area contributed by atoms with Gasteiger partial charge in [0.1, 0.15) is 0 Å². The Morgan fingerprint density at radius 3 is 2.53 bits per heavy atom. The number of Topliss-reactive ketones (excluding diaryl/α,β-unsaturated/α-hetero) is 1. The number of pyridine rings is 1. The average molecular weight is 270 g/mol. The lowest BCUT2D eigenvalue weighted by Gasteiger charge is -2.07. The van der Waals surface area contributed by atoms with Crippen LogP contribution < -0.4 is 5.73 Å². The van der Waals surface area contributed by atoms with Gasteiger partial charge in [-0.25, -0.2) is 0 Å². The lowest BCUT2D eigenvalue weighted by atomic mass is 10.1. The standard InChI is InChI=1S/C14H10N2O2S/c15-12(9-5-7-16-8-6-9)14-13(17)10-3-1-2-4-11(10)19(14)18/h1-8H,15H2. The number of nitrogens with two attached hydrogens (primary N) is 1. The number of fused-ring (bicyclic) bond motifs is 1. The number of nitrogens with zero attached hydrogens (tertiary/aromatic N) is 1. The molecule has 2 heterocycles. The van der Waals surface area contributed by atoms with Gasteiger partial charge in [0.05, 0.1) is 11.3 Å². The molecule has 94 valence electrons. The highest BCUT2D eigenvalue weighted by Crippen LogP contribution is 2.36. The molecule has 4 nitrogen and oxygen atoms in total. The van der Waals surface area contributed by atoms with Crippen LogP contribution in [0.5, 0.6) is 0 Å². The van der Waals surface area contributed by atoms with E-state index in [-0.39, 0.29) is 16.4 Å². The molecule has 0 bridgehead atoms. The topological polar surface area (TPSA) is 79.0 Å². The van der Waals surface area contributed by atoms with Crippen LogP contribution in [0.1, 0.15) is 15.9 Å². The predicted molar refractivity (Wildman–Crippen MR) is 72.5 cm³/mol. The quantitative estimate of drug-likeness (QED) is 0.632. The van der Waals surface area contributed by atoms with Crippen molar-refractivity contribution in [2.75, 3.05) is 0 Å². The van der Waals surface area contributed by atoms with Crippen LogP contribution in [0.15, 0.2) is 58.6 Å². The lowest BCUT2D eigenvalue weighted by molar-refractivity contribution is 0.104. The number of ketones is 1. The van der Waals surface area contributed by atoms with Gasteiger partial charge in [0, 0.05) is 29.1 Å². The Morgan fingerprint density at radius 1 is 1.16 bits per heavy atom. The maximum Gasteiger partial charge on any atom is 0.248 e. The van der Waals surface area contributed by atoms with E-state index in [0.29, 0.717) is 16.0 Å². The molecule has 0 aliphatic carbocycles. The Balaban J connectivity index is 2.16. The van der Waals surface area contributed by atoms with Crippen molar-refractivity contribution in [2.45, 2.75) is 4.90 Å². The van der Waals surface area contributed by atoms with E-state index < -0.39 is 11.2 Å². The van der Waals surface area contributed by atoms with Gasteiger partial charge in [0.2, 0.25) is 10.7 Å². The fraction of sp³-hybridized carbons (Fsp3) is 0. The van der Waals surface area contributed by atoms with Crippen LogP contribution in [0.3, 0.4) is 0 Å². The summed E-state index contributed by atoms with van der Waals surface area (Å²) in [5.74, 6) is -0.261. The van der Waals surface area contributed by atoms with Gasteiger partial charge in [-0.1, -0.05) is 12.1 Å². The zero-order valence-corrected chi connectivity index (χ0v) is 10.7. The second-order valence-electron chi connectivity index (χ2n) is 4.07. The van der Waals surface area contributed by atoms with Crippen LogP contribution in [0, 0.1) is 0 Å². The van der Waals surface area contributed by atoms with Gasteiger partial charge in [0.15, 0.2) is 4.90 Å². The van der Waals surface area contributed by atoms with Crippen molar-refractivity contribution in [1.29, 1.82) is 0 Å². The summed E-state index contributed by atoms with van der Waals surface area (Å²) in [5.41, 5.74) is 7.37. The monoisotopic (exact) mass is 270 g/mol. The summed E-state index contributed by atoms with van der Waals surface area (Å²) < 4.78 is 12.4. The van der Waals surface area contributed by atoms with Crippen molar-refractivity contribution >= 4 is 22.7 Å². The first-order chi connectivity index (χ1) is 9.20. The summed E-state index contributed by atoms with van der Waals surface area (Å²) in [4.78, 5) is 16.9. The molecule has 0 amide bonds. The van der Waals surface area contributed by atoms with E-state index in [1.165, 1.54) is 0 Å². The van der Waals surface area contributed by atoms with E-state index in [1.54, 1.807) is 48.8 Å². The highest BCUT2D eigenvalue weighted by atomic mass is 32.2. The molecule has 1 aliphatic heterocycles. The van der Waals surface area contributed by atoms with Gasteiger partial charge in [-0.15, -0.1) is 0 Å². The normalized spacial score (nSPS) is 20.3. The molecule has 1 atom stereocenters. The van der Waals surface area contributed by atoms with E-state index in [1.807, 2.05) is 0 Å². The number of allylic oxidation sites excluding steroid dienone is 1. The molecule has 1 aromatic heterocycles. The number of rotatable bonds is 1. The summed E-state index contributed by atoms with van der Waals surface area (Å²) in [6.07, 6.45) is 3.16. The molecule has 1 unspecified atom stereocenters. The second-order valence-corrected chi connectivity index (χ2v) is 5.46. The predicted octanol–water partition coefficient (Wildman–Crippen LogP) is 1.71. The first kappa shape index (κ1) is 12.0. The molecule has 19 heavy (non-hydrogen) atoms. The maximum absolute atomic E-state index is 12.4. The summed E-state index contributed by atoms with van der Waals surface area (Å²) in [6.45, 7) is 0. The zero-order chi connectivity index (χ0) is 13.4. The van der Waals surface area contributed by atoms with Crippen LogP contribution in [0.4, 0.5) is 0 Å². The van der Waals surface area contributed by atoms with Gasteiger partial charge in [-0.05, 0) is 24.3 Å². The number of benzene rings is 1. The fourth-order valence-electron chi connectivity index (χ4n) is 2.02. The van der Waals surface area contributed by atoms with E-state index in [4.69, 9.17) is 5.73 Å². The van der Waals surface area contributed by atoms with Crippen molar-refractivity contribution in [3.05, 3.63) is 64.8 Å². The average Bonchev–Trinajstić information content (AvgIpc) is 2.72. The van der Waals surface area contributed by atoms with Gasteiger partial charge in [-0.2, -0.15) is 0 Å². The molecule has 5 heteroatoms. The number of hydrogen-bond donors (Lipinski definition) is 1. The highest BCUT2D eigenvalue weighted by Gasteiger charge is 2.41. The van der Waals surface area contributed by atoms with Gasteiger partial charge >= 0.3 is 0 Å². The molecular formula is C14H10N2O2S. The van der Waals surface area contributed by atoms with Crippen LogP contribution in [0.25, 0.3) is 5.70 Å². The Bertz CT molecular complexity index is 683. The molecule has 2 aromatic rings. The smallest absolute Gasteiger partial charge is 0.248 e. The van der Waals surface area contributed by atoms with E-state index in [2.05, 4.69) is 4.98 Å². The third-order valence-corrected chi connectivity index (χ3v) is 4.49. The Morgan fingerprint density at radius 2 is 1.84 bits per heavy atom. The largest absolute Gasteiger partial charge is 0.606 e. The molecule has 0 fully saturated rings. The number of carbonyl (C=O) groups excluding carboxylic acids is 1. The molecule has 1 aliphatic rings. The number of aromatic nitrogens is 1. The minimum absolute atomic E-state index is 0.160. The van der Waals surface area contributed by atoms with Crippen molar-refractivity contribution < 1.29 is 9.35 Å². The van der Waals surface area contributed by atoms with Crippen molar-refractivity contribution in [1.82, 2.24) is 4.98 Å². The molecular weight excluding hydrogens is 260 g/mol. The maximum atomic E-state index is 12.4. The zero-order valence-electron chi connectivity index (χ0n) is 9.87. The summed E-state index contributed by atoms with van der Waals surface area (Å²) in [7, 11) is 0. The van der Waals surface area contributed by atoms with Gasteiger partial charge in [0.25, 0.3) is 0 Å². The summed E-state index contributed by atoms with van der Waals surface area (Å²) >= 11 is -1.51. The fourth-order valence-corrected chi connectivity index (χ4v) is 3.40. The molecule has 3 rings (SSSR count). The Hall–Kier alpha value is -2.11. The molecule has 2 N–H and O–H groups in total. The molecule has 1 aromatic carbocycles. The van der Waals surface area contributed by atoms with Crippen molar-refractivity contribution in [2.24, 2.45) is 5.73 Å². The van der Waals surface area contributed by atoms with E-state index in [0.717, 1.165) is 0 Å².